The number of carbonyl (C=O) groups is 1. The van der Waals surface area contributed by atoms with E-state index in [1.54, 1.807) is 6.20 Å². The number of ether oxygens (including phenoxy) is 2. The van der Waals surface area contributed by atoms with Gasteiger partial charge in [-0.15, -0.1) is 0 Å². The van der Waals surface area contributed by atoms with Gasteiger partial charge in [-0.3, -0.25) is 5.32 Å². The molecule has 1 fully saturated rings. The maximum Gasteiger partial charge on any atom is 0.413 e. The lowest BCUT2D eigenvalue weighted by Gasteiger charge is -2.39. The lowest BCUT2D eigenvalue weighted by molar-refractivity contribution is -0.279. The van der Waals surface area contributed by atoms with Crippen LogP contribution < -0.4 is 5.32 Å². The SMILES string of the molecule is CCC1(OC(=O)NC=Cc2ccccc2)CCO1. The number of hydrogen-bond acceptors (Lipinski definition) is 3. The lowest BCUT2D eigenvalue weighted by atomic mass is 10.1. The third kappa shape index (κ3) is 3.11. The van der Waals surface area contributed by atoms with Crippen LogP contribution in [0, 0.1) is 0 Å². The van der Waals surface area contributed by atoms with E-state index in [0.717, 1.165) is 12.0 Å². The van der Waals surface area contributed by atoms with E-state index in [9.17, 15) is 4.79 Å². The van der Waals surface area contributed by atoms with Crippen molar-refractivity contribution in [1.82, 2.24) is 5.32 Å². The molecule has 0 bridgehead atoms. The first kappa shape index (κ1) is 12.6. The molecular weight excluding hydrogens is 230 g/mol. The first-order chi connectivity index (χ1) is 8.74. The van der Waals surface area contributed by atoms with Crippen LogP contribution in [0.3, 0.4) is 0 Å². The summed E-state index contributed by atoms with van der Waals surface area (Å²) in [7, 11) is 0. The molecule has 18 heavy (non-hydrogen) atoms. The molecule has 1 atom stereocenters. The topological polar surface area (TPSA) is 47.6 Å². The van der Waals surface area contributed by atoms with Gasteiger partial charge in [0.1, 0.15) is 0 Å². The quantitative estimate of drug-likeness (QED) is 0.889. The Labute approximate surface area is 107 Å². The number of benzene rings is 1. The zero-order valence-corrected chi connectivity index (χ0v) is 10.4. The van der Waals surface area contributed by atoms with Crippen molar-refractivity contribution in [3.8, 4) is 0 Å². The highest BCUT2D eigenvalue weighted by atomic mass is 16.7. The molecule has 0 aliphatic carbocycles. The second-order valence-electron chi connectivity index (χ2n) is 4.14. The number of hydrogen-bond donors (Lipinski definition) is 1. The molecule has 1 unspecified atom stereocenters. The van der Waals surface area contributed by atoms with Crippen LogP contribution in [0.5, 0.6) is 0 Å². The van der Waals surface area contributed by atoms with Gasteiger partial charge in [0.15, 0.2) is 0 Å². The van der Waals surface area contributed by atoms with Crippen LogP contribution in [0.4, 0.5) is 4.79 Å². The number of nitrogens with one attached hydrogen (secondary N) is 1. The molecule has 0 saturated carbocycles. The summed E-state index contributed by atoms with van der Waals surface area (Å²) in [6, 6.07) is 9.72. The first-order valence-corrected chi connectivity index (χ1v) is 6.09. The third-order valence-corrected chi connectivity index (χ3v) is 2.94. The van der Waals surface area contributed by atoms with Gasteiger partial charge in [-0.25, -0.2) is 4.79 Å². The Morgan fingerprint density at radius 2 is 2.22 bits per heavy atom. The highest BCUT2D eigenvalue weighted by Crippen LogP contribution is 2.31. The molecule has 1 heterocycles. The van der Waals surface area contributed by atoms with Crippen molar-refractivity contribution in [3.05, 3.63) is 42.1 Å². The average Bonchev–Trinajstić information content (AvgIpc) is 2.35. The van der Waals surface area contributed by atoms with Gasteiger partial charge in [-0.05, 0) is 11.6 Å². The predicted octanol–water partition coefficient (Wildman–Crippen LogP) is 2.91. The molecule has 0 aromatic heterocycles. The Kier molecular flexibility index (Phi) is 3.99. The molecule has 0 radical (unpaired) electrons. The van der Waals surface area contributed by atoms with Crippen molar-refractivity contribution in [2.75, 3.05) is 6.61 Å². The fourth-order valence-electron chi connectivity index (χ4n) is 1.73. The normalized spacial score (nSPS) is 22.5. The summed E-state index contributed by atoms with van der Waals surface area (Å²) in [5, 5.41) is 2.57. The monoisotopic (exact) mass is 247 g/mol. The second kappa shape index (κ2) is 5.69. The molecule has 1 N–H and O–H groups in total. The van der Waals surface area contributed by atoms with Crippen molar-refractivity contribution in [1.29, 1.82) is 0 Å². The lowest BCUT2D eigenvalue weighted by Crippen LogP contribution is -2.48. The summed E-state index contributed by atoms with van der Waals surface area (Å²) in [5.41, 5.74) is 1.02. The fraction of sp³-hybridized carbons (Fsp3) is 0.357. The minimum Gasteiger partial charge on any atom is -0.417 e. The van der Waals surface area contributed by atoms with Crippen molar-refractivity contribution in [2.24, 2.45) is 0 Å². The third-order valence-electron chi connectivity index (χ3n) is 2.94. The predicted molar refractivity (Wildman–Crippen MR) is 68.7 cm³/mol. The number of rotatable bonds is 4. The van der Waals surface area contributed by atoms with Gasteiger partial charge in [-0.2, -0.15) is 0 Å². The fourth-order valence-corrected chi connectivity index (χ4v) is 1.73. The van der Waals surface area contributed by atoms with Gasteiger partial charge < -0.3 is 9.47 Å². The molecule has 2 rings (SSSR count). The molecule has 0 spiro atoms. The highest BCUT2D eigenvalue weighted by molar-refractivity contribution is 5.70. The van der Waals surface area contributed by atoms with Gasteiger partial charge in [0.05, 0.1) is 6.61 Å². The van der Waals surface area contributed by atoms with Gasteiger partial charge in [0.2, 0.25) is 5.79 Å². The van der Waals surface area contributed by atoms with Crippen molar-refractivity contribution in [3.63, 3.8) is 0 Å². The molecule has 1 aromatic carbocycles. The number of amides is 1. The smallest absolute Gasteiger partial charge is 0.413 e. The standard InChI is InChI=1S/C14H17NO3/c1-2-14(9-11-17-14)18-13(16)15-10-8-12-6-4-3-5-7-12/h3-8,10H,2,9,11H2,1H3,(H,15,16). The van der Waals surface area contributed by atoms with Crippen LogP contribution in [0.1, 0.15) is 25.3 Å². The van der Waals surface area contributed by atoms with E-state index in [1.807, 2.05) is 43.3 Å². The van der Waals surface area contributed by atoms with Crippen LogP contribution in [0.15, 0.2) is 36.5 Å². The van der Waals surface area contributed by atoms with E-state index < -0.39 is 11.9 Å². The summed E-state index contributed by atoms with van der Waals surface area (Å²) >= 11 is 0. The molecule has 1 aromatic rings. The summed E-state index contributed by atoms with van der Waals surface area (Å²) in [5.74, 6) is -0.704. The molecule has 4 heteroatoms. The maximum atomic E-state index is 11.5. The van der Waals surface area contributed by atoms with E-state index >= 15 is 0 Å². The van der Waals surface area contributed by atoms with Crippen LogP contribution in [0.25, 0.3) is 6.08 Å². The zero-order chi connectivity index (χ0) is 12.8. The van der Waals surface area contributed by atoms with Crippen LogP contribution >= 0.6 is 0 Å². The Morgan fingerprint density at radius 1 is 1.50 bits per heavy atom. The van der Waals surface area contributed by atoms with E-state index in [4.69, 9.17) is 9.47 Å². The summed E-state index contributed by atoms with van der Waals surface area (Å²) in [6.45, 7) is 2.59. The van der Waals surface area contributed by atoms with Gasteiger partial charge in [0.25, 0.3) is 0 Å². The molecule has 1 aliphatic rings. The first-order valence-electron chi connectivity index (χ1n) is 6.09. The zero-order valence-electron chi connectivity index (χ0n) is 10.4. The summed E-state index contributed by atoms with van der Waals surface area (Å²) < 4.78 is 10.5. The molecule has 1 aliphatic heterocycles. The van der Waals surface area contributed by atoms with Crippen molar-refractivity contribution in [2.45, 2.75) is 25.6 Å². The average molecular weight is 247 g/mol. The van der Waals surface area contributed by atoms with Crippen LogP contribution in [-0.2, 0) is 9.47 Å². The second-order valence-corrected chi connectivity index (χ2v) is 4.14. The van der Waals surface area contributed by atoms with E-state index in [0.29, 0.717) is 13.0 Å². The number of alkyl carbamates (subject to hydrolysis) is 1. The van der Waals surface area contributed by atoms with Crippen molar-refractivity contribution < 1.29 is 14.3 Å². The summed E-state index contributed by atoms with van der Waals surface area (Å²) in [4.78, 5) is 11.5. The van der Waals surface area contributed by atoms with Gasteiger partial charge >= 0.3 is 6.09 Å². The Hall–Kier alpha value is -1.81. The van der Waals surface area contributed by atoms with Crippen molar-refractivity contribution >= 4 is 12.2 Å². The minimum absolute atomic E-state index is 0.483. The highest BCUT2D eigenvalue weighted by Gasteiger charge is 2.40. The van der Waals surface area contributed by atoms with Gasteiger partial charge in [-0.1, -0.05) is 37.3 Å². The van der Waals surface area contributed by atoms with E-state index in [-0.39, 0.29) is 0 Å². The minimum atomic E-state index is -0.704. The molecule has 4 nitrogen and oxygen atoms in total. The van der Waals surface area contributed by atoms with E-state index in [2.05, 4.69) is 5.32 Å². The molecule has 1 amide bonds. The summed E-state index contributed by atoms with van der Waals surface area (Å²) in [6.07, 6.45) is 4.33. The van der Waals surface area contributed by atoms with E-state index in [1.165, 1.54) is 0 Å². The molecule has 1 saturated heterocycles. The van der Waals surface area contributed by atoms with Crippen LogP contribution in [-0.4, -0.2) is 18.5 Å². The molecule has 96 valence electrons. The van der Waals surface area contributed by atoms with Gasteiger partial charge in [0, 0.05) is 19.0 Å². The Morgan fingerprint density at radius 3 is 2.78 bits per heavy atom. The molecular formula is C14H17NO3. The van der Waals surface area contributed by atoms with Crippen LogP contribution in [0.2, 0.25) is 0 Å². The maximum absolute atomic E-state index is 11.5. The number of carbonyl (C=O) groups excluding carboxylic acids is 1. The Bertz CT molecular complexity index is 418. The largest absolute Gasteiger partial charge is 0.417 e. The Balaban J connectivity index is 1.80.